The molecule has 1 saturated heterocycles. The predicted molar refractivity (Wildman–Crippen MR) is 75.8 cm³/mol. The molecule has 1 unspecified atom stereocenters. The van der Waals surface area contributed by atoms with Gasteiger partial charge in [0.05, 0.1) is 5.25 Å². The van der Waals surface area contributed by atoms with Crippen molar-refractivity contribution in [1.82, 2.24) is 15.5 Å². The monoisotopic (exact) mass is 271 g/mol. The van der Waals surface area contributed by atoms with Gasteiger partial charge in [-0.05, 0) is 31.1 Å². The smallest absolute Gasteiger partial charge is 0.130 e. The second kappa shape index (κ2) is 6.71. The first-order valence-corrected chi connectivity index (χ1v) is 8.27. The third-order valence-electron chi connectivity index (χ3n) is 2.76. The Labute approximate surface area is 112 Å². The summed E-state index contributed by atoms with van der Waals surface area (Å²) in [5.74, 6) is 2.00. The molecule has 0 radical (unpaired) electrons. The van der Waals surface area contributed by atoms with Crippen LogP contribution in [0.25, 0.3) is 0 Å². The number of hydrogen-bond donors (Lipinski definition) is 1. The van der Waals surface area contributed by atoms with Gasteiger partial charge in [-0.25, -0.2) is 0 Å². The highest BCUT2D eigenvalue weighted by Gasteiger charge is 2.21. The summed E-state index contributed by atoms with van der Waals surface area (Å²) in [6.45, 7) is 6.56. The average molecular weight is 271 g/mol. The van der Waals surface area contributed by atoms with Gasteiger partial charge in [0.15, 0.2) is 0 Å². The Morgan fingerprint density at radius 1 is 1.41 bits per heavy atom. The zero-order valence-electron chi connectivity index (χ0n) is 10.6. The molecule has 2 heterocycles. The quantitative estimate of drug-likeness (QED) is 0.807. The Morgan fingerprint density at radius 3 is 3.00 bits per heavy atom. The zero-order valence-corrected chi connectivity index (χ0v) is 12.2. The topological polar surface area (TPSA) is 37.8 Å². The fourth-order valence-electron chi connectivity index (χ4n) is 1.86. The predicted octanol–water partition coefficient (Wildman–Crippen LogP) is 2.89. The molecule has 3 nitrogen and oxygen atoms in total. The van der Waals surface area contributed by atoms with Crippen LogP contribution >= 0.6 is 23.1 Å². The summed E-state index contributed by atoms with van der Waals surface area (Å²) in [5, 5.41) is 15.1. The molecule has 1 aliphatic heterocycles. The molecule has 0 bridgehead atoms. The van der Waals surface area contributed by atoms with Crippen molar-refractivity contribution in [2.24, 2.45) is 5.92 Å². The third-order valence-corrected chi connectivity index (χ3v) is 5.39. The van der Waals surface area contributed by atoms with Crippen LogP contribution in [0.4, 0.5) is 0 Å². The van der Waals surface area contributed by atoms with Crippen molar-refractivity contribution < 1.29 is 0 Å². The van der Waals surface area contributed by atoms with Crippen LogP contribution < -0.4 is 5.32 Å². The van der Waals surface area contributed by atoms with Crippen molar-refractivity contribution in [2.45, 2.75) is 38.4 Å². The van der Waals surface area contributed by atoms with E-state index in [1.54, 1.807) is 11.3 Å². The Kier molecular flexibility index (Phi) is 5.25. The molecular weight excluding hydrogens is 250 g/mol. The van der Waals surface area contributed by atoms with E-state index in [-0.39, 0.29) is 0 Å². The fraction of sp³-hybridized carbons (Fsp3) is 0.833. The lowest BCUT2D eigenvalue weighted by molar-refractivity contribution is 0.553. The molecule has 1 fully saturated rings. The maximum atomic E-state index is 4.33. The molecule has 5 heteroatoms. The molecule has 96 valence electrons. The van der Waals surface area contributed by atoms with Crippen LogP contribution in [0, 0.1) is 5.92 Å². The summed E-state index contributed by atoms with van der Waals surface area (Å²) in [6, 6.07) is 0. The van der Waals surface area contributed by atoms with Crippen molar-refractivity contribution in [3.05, 3.63) is 10.0 Å². The number of aromatic nitrogens is 2. The SMILES string of the molecule is CC(C)CNCCc1nnc(C2CCCS2)s1. The van der Waals surface area contributed by atoms with E-state index in [4.69, 9.17) is 0 Å². The maximum absolute atomic E-state index is 4.33. The van der Waals surface area contributed by atoms with Crippen LogP contribution in [0.5, 0.6) is 0 Å². The highest BCUT2D eigenvalue weighted by Crippen LogP contribution is 2.40. The van der Waals surface area contributed by atoms with Crippen LogP contribution in [-0.4, -0.2) is 29.0 Å². The van der Waals surface area contributed by atoms with E-state index in [0.717, 1.165) is 25.4 Å². The second-order valence-electron chi connectivity index (χ2n) is 4.88. The lowest BCUT2D eigenvalue weighted by atomic mass is 10.2. The molecule has 0 aliphatic carbocycles. The molecule has 2 rings (SSSR count). The normalized spacial score (nSPS) is 20.3. The van der Waals surface area contributed by atoms with Crippen LogP contribution in [0.1, 0.15) is 42.0 Å². The van der Waals surface area contributed by atoms with Gasteiger partial charge in [-0.3, -0.25) is 0 Å². The van der Waals surface area contributed by atoms with E-state index in [2.05, 4.69) is 29.4 Å². The molecule has 0 aromatic carbocycles. The van der Waals surface area contributed by atoms with Crippen molar-refractivity contribution in [2.75, 3.05) is 18.8 Å². The minimum Gasteiger partial charge on any atom is -0.316 e. The Morgan fingerprint density at radius 2 is 2.29 bits per heavy atom. The van der Waals surface area contributed by atoms with Gasteiger partial charge in [0.2, 0.25) is 0 Å². The summed E-state index contributed by atoms with van der Waals surface area (Å²) < 4.78 is 0. The first-order valence-electron chi connectivity index (χ1n) is 6.40. The van der Waals surface area contributed by atoms with Crippen molar-refractivity contribution >= 4 is 23.1 Å². The number of nitrogens with zero attached hydrogens (tertiary/aromatic N) is 2. The standard InChI is InChI=1S/C12H21N3S2/c1-9(2)8-13-6-5-11-14-15-12(17-11)10-4-3-7-16-10/h9-10,13H,3-8H2,1-2H3. The van der Waals surface area contributed by atoms with Gasteiger partial charge >= 0.3 is 0 Å². The van der Waals surface area contributed by atoms with Gasteiger partial charge in [0.1, 0.15) is 10.0 Å². The van der Waals surface area contributed by atoms with Crippen molar-refractivity contribution in [3.63, 3.8) is 0 Å². The van der Waals surface area contributed by atoms with E-state index >= 15 is 0 Å². The minimum atomic E-state index is 0.630. The summed E-state index contributed by atoms with van der Waals surface area (Å²) in [4.78, 5) is 0. The molecule has 17 heavy (non-hydrogen) atoms. The van der Waals surface area contributed by atoms with Gasteiger partial charge in [0.25, 0.3) is 0 Å². The Bertz CT molecular complexity index is 332. The molecule has 0 saturated carbocycles. The minimum absolute atomic E-state index is 0.630. The Balaban J connectivity index is 1.74. The molecule has 1 N–H and O–H groups in total. The number of thioether (sulfide) groups is 1. The molecular formula is C12H21N3S2. The first kappa shape index (κ1) is 13.3. The van der Waals surface area contributed by atoms with Crippen LogP contribution in [0.3, 0.4) is 0 Å². The zero-order chi connectivity index (χ0) is 12.1. The Hall–Kier alpha value is -0.130. The third kappa shape index (κ3) is 4.23. The summed E-state index contributed by atoms with van der Waals surface area (Å²) in [7, 11) is 0. The van der Waals surface area contributed by atoms with Gasteiger partial charge in [0, 0.05) is 13.0 Å². The van der Waals surface area contributed by atoms with Crippen LogP contribution in [0.15, 0.2) is 0 Å². The van der Waals surface area contributed by atoms with E-state index < -0.39 is 0 Å². The van der Waals surface area contributed by atoms with Crippen molar-refractivity contribution in [3.8, 4) is 0 Å². The second-order valence-corrected chi connectivity index (χ2v) is 7.29. The summed E-state index contributed by atoms with van der Waals surface area (Å²) in [5.41, 5.74) is 0. The summed E-state index contributed by atoms with van der Waals surface area (Å²) in [6.07, 6.45) is 3.63. The maximum Gasteiger partial charge on any atom is 0.130 e. The molecule has 1 atom stereocenters. The van der Waals surface area contributed by atoms with Crippen molar-refractivity contribution in [1.29, 1.82) is 0 Å². The highest BCUT2D eigenvalue weighted by atomic mass is 32.2. The van der Waals surface area contributed by atoms with Gasteiger partial charge < -0.3 is 5.32 Å². The number of hydrogen-bond acceptors (Lipinski definition) is 5. The van der Waals surface area contributed by atoms with E-state index in [1.807, 2.05) is 11.8 Å². The largest absolute Gasteiger partial charge is 0.316 e. The molecule has 0 spiro atoms. The van der Waals surface area contributed by atoms with Gasteiger partial charge in [-0.2, -0.15) is 11.8 Å². The number of nitrogens with one attached hydrogen (secondary N) is 1. The van der Waals surface area contributed by atoms with Crippen LogP contribution in [0.2, 0.25) is 0 Å². The fourth-order valence-corrected chi connectivity index (χ4v) is 4.20. The molecule has 1 aromatic heterocycles. The average Bonchev–Trinajstić information content (AvgIpc) is 2.94. The van der Waals surface area contributed by atoms with Crippen LogP contribution in [-0.2, 0) is 6.42 Å². The van der Waals surface area contributed by atoms with E-state index in [9.17, 15) is 0 Å². The molecule has 1 aromatic rings. The molecule has 1 aliphatic rings. The van der Waals surface area contributed by atoms with Gasteiger partial charge in [-0.1, -0.05) is 13.8 Å². The number of rotatable bonds is 6. The first-order chi connectivity index (χ1) is 8.25. The molecule has 0 amide bonds. The van der Waals surface area contributed by atoms with E-state index in [1.165, 1.54) is 28.6 Å². The summed E-state index contributed by atoms with van der Waals surface area (Å²) >= 11 is 3.84. The lowest BCUT2D eigenvalue weighted by Crippen LogP contribution is -2.22. The lowest BCUT2D eigenvalue weighted by Gasteiger charge is -2.05. The van der Waals surface area contributed by atoms with Gasteiger partial charge in [-0.15, -0.1) is 21.5 Å². The highest BCUT2D eigenvalue weighted by molar-refractivity contribution is 7.99. The van der Waals surface area contributed by atoms with E-state index in [0.29, 0.717) is 5.25 Å².